The number of hydrogen-bond donors (Lipinski definition) is 1. The minimum absolute atomic E-state index is 0.0560. The maximum Gasteiger partial charge on any atom is 0.264 e. The summed E-state index contributed by atoms with van der Waals surface area (Å²) in [4.78, 5) is 13.4. The summed E-state index contributed by atoms with van der Waals surface area (Å²) in [6, 6.07) is 28.3. The van der Waals surface area contributed by atoms with Gasteiger partial charge >= 0.3 is 0 Å². The first-order valence-electron chi connectivity index (χ1n) is 11.6. The molecule has 7 nitrogen and oxygen atoms in total. The molecule has 37 heavy (non-hydrogen) atoms. The molecule has 4 rings (SSSR count). The second-order valence-corrected chi connectivity index (χ2v) is 10.2. The predicted octanol–water partition coefficient (Wildman–Crippen LogP) is 5.51. The van der Waals surface area contributed by atoms with E-state index in [9.17, 15) is 13.2 Å². The topological polar surface area (TPSA) is 84.9 Å². The lowest BCUT2D eigenvalue weighted by molar-refractivity contribution is -0.114. The molecule has 0 spiro atoms. The SMILES string of the molecule is COc1ccc(OC)c(N(CC(=O)Nc2ccccc2-c2ccccc2)S(=O)(=O)c2ccc(C)cc2)c1. The molecule has 0 aromatic heterocycles. The van der Waals surface area contributed by atoms with Crippen LogP contribution in [-0.4, -0.2) is 35.1 Å². The summed E-state index contributed by atoms with van der Waals surface area (Å²) in [5.74, 6) is 0.202. The summed E-state index contributed by atoms with van der Waals surface area (Å²) in [7, 11) is -1.21. The second-order valence-electron chi connectivity index (χ2n) is 8.32. The van der Waals surface area contributed by atoms with Crippen LogP contribution in [0.25, 0.3) is 11.1 Å². The van der Waals surface area contributed by atoms with E-state index in [1.54, 1.807) is 30.3 Å². The van der Waals surface area contributed by atoms with Crippen molar-refractivity contribution in [1.82, 2.24) is 0 Å². The molecule has 0 aliphatic rings. The van der Waals surface area contributed by atoms with Gasteiger partial charge in [-0.3, -0.25) is 9.10 Å². The summed E-state index contributed by atoms with van der Waals surface area (Å²) in [6.07, 6.45) is 0. The largest absolute Gasteiger partial charge is 0.497 e. The average molecular weight is 517 g/mol. The predicted molar refractivity (Wildman–Crippen MR) is 146 cm³/mol. The van der Waals surface area contributed by atoms with Crippen LogP contribution in [0, 0.1) is 6.92 Å². The van der Waals surface area contributed by atoms with Gasteiger partial charge in [0.25, 0.3) is 10.0 Å². The van der Waals surface area contributed by atoms with E-state index in [4.69, 9.17) is 9.47 Å². The number of sulfonamides is 1. The highest BCUT2D eigenvalue weighted by atomic mass is 32.2. The van der Waals surface area contributed by atoms with Gasteiger partial charge in [0.15, 0.2) is 0 Å². The van der Waals surface area contributed by atoms with Crippen molar-refractivity contribution in [2.24, 2.45) is 0 Å². The van der Waals surface area contributed by atoms with Crippen LogP contribution < -0.4 is 19.1 Å². The molecule has 190 valence electrons. The van der Waals surface area contributed by atoms with Gasteiger partial charge in [-0.1, -0.05) is 66.2 Å². The minimum Gasteiger partial charge on any atom is -0.497 e. The maximum atomic E-state index is 13.8. The smallest absolute Gasteiger partial charge is 0.264 e. The van der Waals surface area contributed by atoms with Gasteiger partial charge in [0, 0.05) is 17.3 Å². The average Bonchev–Trinajstić information content (AvgIpc) is 2.92. The molecular weight excluding hydrogens is 488 g/mol. The normalized spacial score (nSPS) is 11.0. The molecule has 0 aliphatic heterocycles. The molecule has 0 radical (unpaired) electrons. The van der Waals surface area contributed by atoms with Crippen LogP contribution >= 0.6 is 0 Å². The van der Waals surface area contributed by atoms with E-state index in [2.05, 4.69) is 5.32 Å². The number of methoxy groups -OCH3 is 2. The molecule has 0 saturated heterocycles. The van der Waals surface area contributed by atoms with Crippen molar-refractivity contribution in [2.75, 3.05) is 30.4 Å². The third-order valence-corrected chi connectivity index (χ3v) is 7.61. The number of benzene rings is 4. The third kappa shape index (κ3) is 5.76. The van der Waals surface area contributed by atoms with Crippen molar-refractivity contribution in [3.05, 3.63) is 103 Å². The number of hydrogen-bond acceptors (Lipinski definition) is 5. The van der Waals surface area contributed by atoms with Crippen LogP contribution in [0.1, 0.15) is 5.56 Å². The molecule has 0 aliphatic carbocycles. The monoisotopic (exact) mass is 516 g/mol. The Morgan fingerprint density at radius 3 is 2.19 bits per heavy atom. The number of amides is 1. The number of nitrogens with one attached hydrogen (secondary N) is 1. The van der Waals surface area contributed by atoms with E-state index in [0.717, 1.165) is 21.0 Å². The van der Waals surface area contributed by atoms with E-state index >= 15 is 0 Å². The number of rotatable bonds is 9. The Morgan fingerprint density at radius 1 is 0.838 bits per heavy atom. The zero-order chi connectivity index (χ0) is 26.4. The van der Waals surface area contributed by atoms with E-state index in [0.29, 0.717) is 11.4 Å². The van der Waals surface area contributed by atoms with Gasteiger partial charge in [0.1, 0.15) is 18.0 Å². The van der Waals surface area contributed by atoms with Crippen LogP contribution in [0.5, 0.6) is 11.5 Å². The Morgan fingerprint density at radius 2 is 1.51 bits per heavy atom. The van der Waals surface area contributed by atoms with Crippen molar-refractivity contribution in [3.63, 3.8) is 0 Å². The Hall–Kier alpha value is -4.30. The number of nitrogens with zero attached hydrogens (tertiary/aromatic N) is 1. The Kier molecular flexibility index (Phi) is 7.79. The molecule has 0 bridgehead atoms. The van der Waals surface area contributed by atoms with E-state index < -0.39 is 22.5 Å². The fourth-order valence-electron chi connectivity index (χ4n) is 3.91. The number of aryl methyl sites for hydroxylation is 1. The molecule has 8 heteroatoms. The lowest BCUT2D eigenvalue weighted by Crippen LogP contribution is -2.38. The van der Waals surface area contributed by atoms with E-state index in [-0.39, 0.29) is 16.3 Å². The molecule has 0 heterocycles. The highest BCUT2D eigenvalue weighted by molar-refractivity contribution is 7.92. The highest BCUT2D eigenvalue weighted by Crippen LogP contribution is 2.36. The molecule has 0 fully saturated rings. The molecule has 0 unspecified atom stereocenters. The fraction of sp³-hybridized carbons (Fsp3) is 0.138. The van der Waals surface area contributed by atoms with Crippen LogP contribution in [0.15, 0.2) is 102 Å². The molecule has 1 amide bonds. The Balaban J connectivity index is 1.74. The van der Waals surface area contributed by atoms with E-state index in [1.807, 2.05) is 55.5 Å². The summed E-state index contributed by atoms with van der Waals surface area (Å²) >= 11 is 0. The molecule has 0 atom stereocenters. The van der Waals surface area contributed by atoms with Gasteiger partial charge in [-0.2, -0.15) is 0 Å². The second kappa shape index (κ2) is 11.2. The van der Waals surface area contributed by atoms with Crippen LogP contribution in [0.2, 0.25) is 0 Å². The number of carbonyl (C=O) groups excluding carboxylic acids is 1. The molecule has 0 saturated carbocycles. The number of carbonyl (C=O) groups is 1. The molecule has 1 N–H and O–H groups in total. The number of para-hydroxylation sites is 1. The zero-order valence-electron chi connectivity index (χ0n) is 20.8. The highest BCUT2D eigenvalue weighted by Gasteiger charge is 2.30. The van der Waals surface area contributed by atoms with Crippen molar-refractivity contribution >= 4 is 27.3 Å². The van der Waals surface area contributed by atoms with Gasteiger partial charge in [-0.05, 0) is 42.8 Å². The standard InChI is InChI=1S/C29H28N2O5S/c1-21-13-16-24(17-14-21)37(33,34)31(27-19-23(35-2)15-18-28(27)36-3)20-29(32)30-26-12-8-7-11-25(26)22-9-5-4-6-10-22/h4-19H,20H2,1-3H3,(H,30,32). The first-order valence-corrected chi connectivity index (χ1v) is 13.0. The lowest BCUT2D eigenvalue weighted by Gasteiger charge is -2.26. The van der Waals surface area contributed by atoms with Crippen LogP contribution in [-0.2, 0) is 14.8 Å². The van der Waals surface area contributed by atoms with Gasteiger partial charge in [0.2, 0.25) is 5.91 Å². The van der Waals surface area contributed by atoms with Crippen molar-refractivity contribution in [1.29, 1.82) is 0 Å². The van der Waals surface area contributed by atoms with Crippen LogP contribution in [0.4, 0.5) is 11.4 Å². The third-order valence-electron chi connectivity index (χ3n) is 5.84. The first-order chi connectivity index (χ1) is 17.8. The van der Waals surface area contributed by atoms with Gasteiger partial charge in [-0.25, -0.2) is 8.42 Å². The summed E-state index contributed by atoms with van der Waals surface area (Å²) < 4.78 is 39.5. The van der Waals surface area contributed by atoms with Crippen molar-refractivity contribution < 1.29 is 22.7 Å². The van der Waals surface area contributed by atoms with Gasteiger partial charge in [0.05, 0.1) is 24.8 Å². The van der Waals surface area contributed by atoms with Gasteiger partial charge < -0.3 is 14.8 Å². The fourth-order valence-corrected chi connectivity index (χ4v) is 5.33. The number of ether oxygens (including phenoxy) is 2. The minimum atomic E-state index is -4.14. The summed E-state index contributed by atoms with van der Waals surface area (Å²) in [5, 5.41) is 2.89. The summed E-state index contributed by atoms with van der Waals surface area (Å²) in [6.45, 7) is 1.39. The van der Waals surface area contributed by atoms with Crippen LogP contribution in [0.3, 0.4) is 0 Å². The Bertz CT molecular complexity index is 1490. The Labute approximate surface area is 217 Å². The van der Waals surface area contributed by atoms with Gasteiger partial charge in [-0.15, -0.1) is 0 Å². The molecular formula is C29H28N2O5S. The lowest BCUT2D eigenvalue weighted by atomic mass is 10.0. The van der Waals surface area contributed by atoms with Crippen molar-refractivity contribution in [3.8, 4) is 22.6 Å². The molecule has 4 aromatic rings. The first kappa shape index (κ1) is 25.8. The molecule has 4 aromatic carbocycles. The van der Waals surface area contributed by atoms with Crippen molar-refractivity contribution in [2.45, 2.75) is 11.8 Å². The maximum absolute atomic E-state index is 13.8. The number of anilines is 2. The zero-order valence-corrected chi connectivity index (χ0v) is 21.7. The summed E-state index contributed by atoms with van der Waals surface area (Å²) in [5.41, 5.74) is 3.43. The quantitative estimate of drug-likeness (QED) is 0.317. The van der Waals surface area contributed by atoms with E-state index in [1.165, 1.54) is 32.4 Å².